The van der Waals surface area contributed by atoms with Gasteiger partial charge in [-0.1, -0.05) is 26.5 Å². The van der Waals surface area contributed by atoms with Crippen molar-refractivity contribution in [1.29, 1.82) is 0 Å². The Morgan fingerprint density at radius 3 is 2.50 bits per heavy atom. The van der Waals surface area contributed by atoms with E-state index < -0.39 is 0 Å². The van der Waals surface area contributed by atoms with Crippen molar-refractivity contribution in [1.82, 2.24) is 0 Å². The Morgan fingerprint density at radius 2 is 2.06 bits per heavy atom. The highest BCUT2D eigenvalue weighted by atomic mass is 32.1. The normalized spacial score (nSPS) is 10.4. The van der Waals surface area contributed by atoms with Crippen molar-refractivity contribution in [2.45, 2.75) is 19.8 Å². The third-order valence-corrected chi connectivity index (χ3v) is 2.81. The van der Waals surface area contributed by atoms with Crippen molar-refractivity contribution in [3.8, 4) is 5.75 Å². The van der Waals surface area contributed by atoms with Crippen molar-refractivity contribution in [3.63, 3.8) is 0 Å². The minimum atomic E-state index is -0.278. The summed E-state index contributed by atoms with van der Waals surface area (Å²) in [5, 5.41) is -0.278. The molecule has 0 atom stereocenters. The van der Waals surface area contributed by atoms with Gasteiger partial charge in [-0.3, -0.25) is 4.79 Å². The van der Waals surface area contributed by atoms with E-state index in [0.717, 1.165) is 17.0 Å². The molecular weight excluding hydrogens is 222 g/mol. The Balaban J connectivity index is 3.16. The molecule has 0 saturated heterocycles. The van der Waals surface area contributed by atoms with Crippen LogP contribution in [-0.2, 0) is 0 Å². The molecule has 0 aliphatic rings. The lowest BCUT2D eigenvalue weighted by molar-refractivity contribution is 0.266. The molecule has 0 saturated carbocycles. The first kappa shape index (κ1) is 12.9. The molecule has 1 amide bonds. The maximum absolute atomic E-state index is 11.1. The molecule has 0 unspecified atom stereocenters. The number of benzene rings is 1. The van der Waals surface area contributed by atoms with E-state index in [-0.39, 0.29) is 5.24 Å². The highest BCUT2D eigenvalue weighted by molar-refractivity contribution is 7.96. The number of anilines is 1. The zero-order chi connectivity index (χ0) is 12.3. The van der Waals surface area contributed by atoms with E-state index in [0.29, 0.717) is 5.92 Å². The highest BCUT2D eigenvalue weighted by Gasteiger charge is 2.12. The predicted octanol–water partition coefficient (Wildman–Crippen LogP) is 3.30. The van der Waals surface area contributed by atoms with E-state index in [1.165, 1.54) is 4.90 Å². The minimum absolute atomic E-state index is 0.278. The molecule has 0 heterocycles. The summed E-state index contributed by atoms with van der Waals surface area (Å²) in [4.78, 5) is 12.6. The van der Waals surface area contributed by atoms with Crippen LogP contribution in [0.4, 0.5) is 10.5 Å². The Hall–Kier alpha value is -1.16. The number of carbonyl (C=O) groups excluding carboxylic acids is 1. The number of carbonyl (C=O) groups is 1. The molecule has 16 heavy (non-hydrogen) atoms. The molecule has 88 valence electrons. The number of ether oxygens (including phenoxy) is 1. The van der Waals surface area contributed by atoms with Gasteiger partial charge in [0.2, 0.25) is 0 Å². The van der Waals surface area contributed by atoms with Crippen molar-refractivity contribution < 1.29 is 9.53 Å². The number of methoxy groups -OCH3 is 1. The fourth-order valence-electron chi connectivity index (χ4n) is 1.49. The van der Waals surface area contributed by atoms with Gasteiger partial charge in [0.25, 0.3) is 5.24 Å². The van der Waals surface area contributed by atoms with Crippen molar-refractivity contribution in [2.24, 2.45) is 0 Å². The number of amides is 1. The predicted molar refractivity (Wildman–Crippen MR) is 69.9 cm³/mol. The van der Waals surface area contributed by atoms with E-state index in [1.807, 2.05) is 18.2 Å². The Kier molecular flexibility index (Phi) is 4.24. The van der Waals surface area contributed by atoms with Crippen LogP contribution in [0.15, 0.2) is 18.2 Å². The van der Waals surface area contributed by atoms with Gasteiger partial charge in [-0.25, -0.2) is 0 Å². The molecule has 0 radical (unpaired) electrons. The lowest BCUT2D eigenvalue weighted by Crippen LogP contribution is -2.19. The molecule has 0 aliphatic carbocycles. The Morgan fingerprint density at radius 1 is 1.44 bits per heavy atom. The second kappa shape index (κ2) is 5.25. The lowest BCUT2D eigenvalue weighted by atomic mass is 10.0. The summed E-state index contributed by atoms with van der Waals surface area (Å²) in [5.41, 5.74) is 1.91. The molecule has 0 fully saturated rings. The lowest BCUT2D eigenvalue weighted by Gasteiger charge is -2.18. The number of hydrogen-bond acceptors (Lipinski definition) is 2. The molecule has 0 bridgehead atoms. The van der Waals surface area contributed by atoms with E-state index in [9.17, 15) is 4.79 Å². The summed E-state index contributed by atoms with van der Waals surface area (Å²) in [6.45, 7) is 4.17. The maximum Gasteiger partial charge on any atom is 0.282 e. The second-order valence-electron chi connectivity index (χ2n) is 3.92. The number of thiol groups is 1. The van der Waals surface area contributed by atoms with Crippen LogP contribution in [0, 0.1) is 0 Å². The van der Waals surface area contributed by atoms with Gasteiger partial charge in [-0.15, -0.1) is 0 Å². The van der Waals surface area contributed by atoms with Crippen LogP contribution in [0.25, 0.3) is 0 Å². The monoisotopic (exact) mass is 239 g/mol. The first-order chi connectivity index (χ1) is 7.47. The van der Waals surface area contributed by atoms with Crippen LogP contribution in [0.2, 0.25) is 0 Å². The molecule has 1 aromatic rings. The highest BCUT2D eigenvalue weighted by Crippen LogP contribution is 2.30. The first-order valence-electron chi connectivity index (χ1n) is 5.12. The van der Waals surface area contributed by atoms with Crippen LogP contribution < -0.4 is 9.64 Å². The van der Waals surface area contributed by atoms with Crippen molar-refractivity contribution in [2.75, 3.05) is 19.1 Å². The van der Waals surface area contributed by atoms with Crippen LogP contribution in [-0.4, -0.2) is 19.4 Å². The van der Waals surface area contributed by atoms with E-state index in [1.54, 1.807) is 14.2 Å². The Bertz CT molecular complexity index is 391. The van der Waals surface area contributed by atoms with Gasteiger partial charge >= 0.3 is 0 Å². The summed E-state index contributed by atoms with van der Waals surface area (Å²) in [6.07, 6.45) is 0. The molecule has 4 heteroatoms. The van der Waals surface area contributed by atoms with Gasteiger partial charge < -0.3 is 9.64 Å². The summed E-state index contributed by atoms with van der Waals surface area (Å²) in [6, 6.07) is 5.67. The van der Waals surface area contributed by atoms with Gasteiger partial charge in [0, 0.05) is 12.7 Å². The molecule has 1 rings (SSSR count). The summed E-state index contributed by atoms with van der Waals surface area (Å²) < 4.78 is 5.28. The molecular formula is C12H17NO2S. The third kappa shape index (κ3) is 2.70. The number of rotatable bonds is 3. The second-order valence-corrected chi connectivity index (χ2v) is 4.31. The zero-order valence-electron chi connectivity index (χ0n) is 10.0. The SMILES string of the molecule is COc1ccc(N(C)C(=O)S)cc1C(C)C. The van der Waals surface area contributed by atoms with Crippen LogP contribution in [0.1, 0.15) is 25.3 Å². The van der Waals surface area contributed by atoms with Crippen LogP contribution in [0.3, 0.4) is 0 Å². The van der Waals surface area contributed by atoms with Crippen molar-refractivity contribution >= 4 is 23.6 Å². The summed E-state index contributed by atoms with van der Waals surface area (Å²) in [7, 11) is 3.34. The summed E-state index contributed by atoms with van der Waals surface area (Å²) >= 11 is 3.79. The van der Waals surface area contributed by atoms with Crippen LogP contribution in [0.5, 0.6) is 5.75 Å². The smallest absolute Gasteiger partial charge is 0.282 e. The molecule has 0 aliphatic heterocycles. The summed E-state index contributed by atoms with van der Waals surface area (Å²) in [5.74, 6) is 1.19. The molecule has 3 nitrogen and oxygen atoms in total. The van der Waals surface area contributed by atoms with E-state index in [2.05, 4.69) is 26.5 Å². The van der Waals surface area contributed by atoms with Gasteiger partial charge in [-0.2, -0.15) is 0 Å². The van der Waals surface area contributed by atoms with Gasteiger partial charge in [0.15, 0.2) is 0 Å². The quantitative estimate of drug-likeness (QED) is 0.820. The average Bonchev–Trinajstić information content (AvgIpc) is 2.26. The molecule has 1 aromatic carbocycles. The van der Waals surface area contributed by atoms with Crippen LogP contribution >= 0.6 is 12.6 Å². The fraction of sp³-hybridized carbons (Fsp3) is 0.417. The van der Waals surface area contributed by atoms with Gasteiger partial charge in [-0.05, 0) is 29.7 Å². The van der Waals surface area contributed by atoms with Gasteiger partial charge in [0.05, 0.1) is 7.11 Å². The first-order valence-corrected chi connectivity index (χ1v) is 5.56. The molecule has 0 spiro atoms. The molecule has 0 aromatic heterocycles. The number of hydrogen-bond donors (Lipinski definition) is 1. The maximum atomic E-state index is 11.1. The standard InChI is InChI=1S/C12H17NO2S/c1-8(2)10-7-9(13(3)12(14)16)5-6-11(10)15-4/h5-8H,1-4H3,(H,14,16). The minimum Gasteiger partial charge on any atom is -0.496 e. The number of nitrogens with zero attached hydrogens (tertiary/aromatic N) is 1. The third-order valence-electron chi connectivity index (χ3n) is 2.51. The largest absolute Gasteiger partial charge is 0.496 e. The zero-order valence-corrected chi connectivity index (χ0v) is 10.9. The Labute approximate surface area is 102 Å². The van der Waals surface area contributed by atoms with Crippen molar-refractivity contribution in [3.05, 3.63) is 23.8 Å². The average molecular weight is 239 g/mol. The fourth-order valence-corrected chi connectivity index (χ4v) is 1.61. The topological polar surface area (TPSA) is 29.5 Å². The van der Waals surface area contributed by atoms with E-state index in [4.69, 9.17) is 4.74 Å². The van der Waals surface area contributed by atoms with Gasteiger partial charge in [0.1, 0.15) is 5.75 Å². The van der Waals surface area contributed by atoms with E-state index >= 15 is 0 Å². The molecule has 0 N–H and O–H groups in total.